The van der Waals surface area contributed by atoms with E-state index in [4.69, 9.17) is 4.42 Å². The molecule has 0 unspecified atom stereocenters. The predicted octanol–water partition coefficient (Wildman–Crippen LogP) is 2.79. The SMILES string of the molecule is O=C(CSc1nnc(Cc2ccccc2)o1)Nc1cccnc1. The van der Waals surface area contributed by atoms with E-state index >= 15 is 0 Å². The number of pyridine rings is 1. The van der Waals surface area contributed by atoms with Crippen LogP contribution in [0.3, 0.4) is 0 Å². The van der Waals surface area contributed by atoms with Crippen LogP contribution >= 0.6 is 11.8 Å². The Morgan fingerprint density at radius 2 is 2.00 bits per heavy atom. The highest BCUT2D eigenvalue weighted by molar-refractivity contribution is 7.99. The minimum atomic E-state index is -0.147. The molecule has 0 spiro atoms. The molecule has 0 saturated carbocycles. The van der Waals surface area contributed by atoms with E-state index in [0.717, 1.165) is 5.56 Å². The molecule has 0 aliphatic rings. The number of rotatable bonds is 6. The number of anilines is 1. The van der Waals surface area contributed by atoms with Crippen molar-refractivity contribution in [2.24, 2.45) is 0 Å². The maximum atomic E-state index is 11.8. The van der Waals surface area contributed by atoms with Crippen LogP contribution in [0.25, 0.3) is 0 Å². The first-order chi connectivity index (χ1) is 11.3. The molecule has 7 heteroatoms. The normalized spacial score (nSPS) is 10.4. The zero-order chi connectivity index (χ0) is 15.9. The van der Waals surface area contributed by atoms with Gasteiger partial charge < -0.3 is 9.73 Å². The smallest absolute Gasteiger partial charge is 0.277 e. The van der Waals surface area contributed by atoms with Gasteiger partial charge in [0.05, 0.1) is 24.1 Å². The maximum absolute atomic E-state index is 11.8. The fourth-order valence-corrected chi connectivity index (χ4v) is 2.48. The second-order valence-electron chi connectivity index (χ2n) is 4.70. The Kier molecular flexibility index (Phi) is 5.00. The van der Waals surface area contributed by atoms with Crippen molar-refractivity contribution < 1.29 is 9.21 Å². The first-order valence-corrected chi connectivity index (χ1v) is 7.97. The summed E-state index contributed by atoms with van der Waals surface area (Å²) in [5.41, 5.74) is 1.76. The standard InChI is InChI=1S/C16H14N4O2S/c21-14(18-13-7-4-8-17-10-13)11-23-16-20-19-15(22-16)9-12-5-2-1-3-6-12/h1-8,10H,9,11H2,(H,18,21). The van der Waals surface area contributed by atoms with Gasteiger partial charge in [0.15, 0.2) is 0 Å². The summed E-state index contributed by atoms with van der Waals surface area (Å²) < 4.78 is 5.54. The molecule has 1 N–H and O–H groups in total. The number of carbonyl (C=O) groups excluding carboxylic acids is 1. The van der Waals surface area contributed by atoms with Crippen LogP contribution < -0.4 is 5.32 Å². The number of aromatic nitrogens is 3. The first kappa shape index (κ1) is 15.2. The molecule has 0 aliphatic heterocycles. The van der Waals surface area contributed by atoms with Crippen LogP contribution in [0.1, 0.15) is 11.5 Å². The quantitative estimate of drug-likeness (QED) is 0.702. The summed E-state index contributed by atoms with van der Waals surface area (Å²) in [5.74, 6) is 0.583. The Bertz CT molecular complexity index is 762. The minimum Gasteiger partial charge on any atom is -0.416 e. The third kappa shape index (κ3) is 4.65. The fourth-order valence-electron chi connectivity index (χ4n) is 1.90. The van der Waals surface area contributed by atoms with E-state index in [2.05, 4.69) is 20.5 Å². The van der Waals surface area contributed by atoms with Crippen molar-refractivity contribution in [3.05, 3.63) is 66.3 Å². The summed E-state index contributed by atoms with van der Waals surface area (Å²) in [6.07, 6.45) is 3.82. The molecule has 2 aromatic heterocycles. The topological polar surface area (TPSA) is 80.9 Å². The number of hydrogen-bond acceptors (Lipinski definition) is 6. The summed E-state index contributed by atoms with van der Waals surface area (Å²) in [5, 5.41) is 11.1. The van der Waals surface area contributed by atoms with Crippen molar-refractivity contribution >= 4 is 23.4 Å². The number of benzene rings is 1. The van der Waals surface area contributed by atoms with Crippen LogP contribution in [0.2, 0.25) is 0 Å². The van der Waals surface area contributed by atoms with Crippen LogP contribution in [0, 0.1) is 0 Å². The molecule has 6 nitrogen and oxygen atoms in total. The van der Waals surface area contributed by atoms with Crippen LogP contribution in [0.15, 0.2) is 64.5 Å². The third-order valence-electron chi connectivity index (χ3n) is 2.92. The molecule has 2 heterocycles. The molecule has 0 fully saturated rings. The second-order valence-corrected chi connectivity index (χ2v) is 5.63. The molecular formula is C16H14N4O2S. The number of nitrogens with one attached hydrogen (secondary N) is 1. The van der Waals surface area contributed by atoms with Crippen molar-refractivity contribution in [2.75, 3.05) is 11.1 Å². The van der Waals surface area contributed by atoms with Crippen molar-refractivity contribution in [3.8, 4) is 0 Å². The van der Waals surface area contributed by atoms with Gasteiger partial charge in [0.25, 0.3) is 5.22 Å². The average Bonchev–Trinajstić information content (AvgIpc) is 3.02. The highest BCUT2D eigenvalue weighted by Crippen LogP contribution is 2.18. The molecule has 0 radical (unpaired) electrons. The minimum absolute atomic E-state index is 0.147. The number of amides is 1. The molecule has 0 aliphatic carbocycles. The van der Waals surface area contributed by atoms with Gasteiger partial charge in [0, 0.05) is 6.20 Å². The van der Waals surface area contributed by atoms with Gasteiger partial charge in [-0.15, -0.1) is 10.2 Å². The lowest BCUT2D eigenvalue weighted by Gasteiger charge is -2.02. The lowest BCUT2D eigenvalue weighted by molar-refractivity contribution is -0.113. The summed E-state index contributed by atoms with van der Waals surface area (Å²) in [7, 11) is 0. The highest BCUT2D eigenvalue weighted by atomic mass is 32.2. The van der Waals surface area contributed by atoms with E-state index in [1.807, 2.05) is 30.3 Å². The van der Waals surface area contributed by atoms with E-state index in [-0.39, 0.29) is 11.7 Å². The van der Waals surface area contributed by atoms with Gasteiger partial charge >= 0.3 is 0 Å². The molecular weight excluding hydrogens is 312 g/mol. The molecule has 0 saturated heterocycles. The van der Waals surface area contributed by atoms with Gasteiger partial charge in [0.1, 0.15) is 0 Å². The molecule has 116 valence electrons. The Balaban J connectivity index is 1.50. The highest BCUT2D eigenvalue weighted by Gasteiger charge is 2.10. The second kappa shape index (κ2) is 7.55. The van der Waals surface area contributed by atoms with E-state index in [1.54, 1.807) is 24.5 Å². The number of thioether (sulfide) groups is 1. The zero-order valence-corrected chi connectivity index (χ0v) is 13.0. The van der Waals surface area contributed by atoms with Crippen molar-refractivity contribution in [1.29, 1.82) is 0 Å². The molecule has 0 atom stereocenters. The van der Waals surface area contributed by atoms with Gasteiger partial charge in [-0.1, -0.05) is 42.1 Å². The Morgan fingerprint density at radius 3 is 2.78 bits per heavy atom. The molecule has 23 heavy (non-hydrogen) atoms. The molecule has 1 amide bonds. The summed E-state index contributed by atoms with van der Waals surface area (Å²) in [6.45, 7) is 0. The van der Waals surface area contributed by atoms with Crippen LogP contribution in [0.4, 0.5) is 5.69 Å². The summed E-state index contributed by atoms with van der Waals surface area (Å²) in [6, 6.07) is 13.4. The zero-order valence-electron chi connectivity index (χ0n) is 12.2. The van der Waals surface area contributed by atoms with Gasteiger partial charge in [-0.05, 0) is 17.7 Å². The van der Waals surface area contributed by atoms with E-state index in [0.29, 0.717) is 23.2 Å². The number of hydrogen-bond donors (Lipinski definition) is 1. The van der Waals surface area contributed by atoms with E-state index in [9.17, 15) is 4.79 Å². The van der Waals surface area contributed by atoms with E-state index < -0.39 is 0 Å². The first-order valence-electron chi connectivity index (χ1n) is 6.98. The lowest BCUT2D eigenvalue weighted by Crippen LogP contribution is -2.13. The molecule has 3 rings (SSSR count). The largest absolute Gasteiger partial charge is 0.416 e. The van der Waals surface area contributed by atoms with Crippen LogP contribution in [0.5, 0.6) is 0 Å². The maximum Gasteiger partial charge on any atom is 0.277 e. The van der Waals surface area contributed by atoms with Crippen molar-refractivity contribution in [2.45, 2.75) is 11.6 Å². The Morgan fingerprint density at radius 1 is 1.13 bits per heavy atom. The van der Waals surface area contributed by atoms with E-state index in [1.165, 1.54) is 11.8 Å². The van der Waals surface area contributed by atoms with Gasteiger partial charge in [0.2, 0.25) is 11.8 Å². The Hall–Kier alpha value is -2.67. The lowest BCUT2D eigenvalue weighted by atomic mass is 10.2. The summed E-state index contributed by atoms with van der Waals surface area (Å²) >= 11 is 1.21. The van der Waals surface area contributed by atoms with Crippen LogP contribution in [-0.2, 0) is 11.2 Å². The number of nitrogens with zero attached hydrogens (tertiary/aromatic N) is 3. The summed E-state index contributed by atoms with van der Waals surface area (Å²) in [4.78, 5) is 15.8. The molecule has 0 bridgehead atoms. The average molecular weight is 326 g/mol. The monoisotopic (exact) mass is 326 g/mol. The van der Waals surface area contributed by atoms with Gasteiger partial charge in [-0.3, -0.25) is 9.78 Å². The Labute approximate surface area is 137 Å². The molecule has 3 aromatic rings. The van der Waals surface area contributed by atoms with Crippen molar-refractivity contribution in [1.82, 2.24) is 15.2 Å². The van der Waals surface area contributed by atoms with Crippen LogP contribution in [-0.4, -0.2) is 26.8 Å². The third-order valence-corrected chi connectivity index (χ3v) is 3.74. The van der Waals surface area contributed by atoms with Crippen molar-refractivity contribution in [3.63, 3.8) is 0 Å². The predicted molar refractivity (Wildman–Crippen MR) is 87.1 cm³/mol. The fraction of sp³-hybridized carbons (Fsp3) is 0.125. The van der Waals surface area contributed by atoms with Gasteiger partial charge in [-0.2, -0.15) is 0 Å². The van der Waals surface area contributed by atoms with Gasteiger partial charge in [-0.25, -0.2) is 0 Å². The molecule has 1 aromatic carbocycles. The number of carbonyl (C=O) groups is 1.